The van der Waals surface area contributed by atoms with Gasteiger partial charge in [0.2, 0.25) is 0 Å². The molecule has 0 aromatic heterocycles. The topological polar surface area (TPSA) is 32.7 Å². The zero-order valence-corrected chi connectivity index (χ0v) is 14.6. The van der Waals surface area contributed by atoms with Crippen molar-refractivity contribution >= 4 is 6.08 Å². The molecule has 0 heterocycles. The van der Waals surface area contributed by atoms with E-state index in [1.54, 1.807) is 7.11 Å². The molecular formula is C21H27NO2. The molecule has 0 saturated carbocycles. The molecule has 0 aliphatic rings. The number of para-hydroxylation sites is 1. The molecule has 0 fully saturated rings. The van der Waals surface area contributed by atoms with E-state index in [0.717, 1.165) is 30.9 Å². The maximum absolute atomic E-state index is 9.36. The molecule has 0 bridgehead atoms. The van der Waals surface area contributed by atoms with Crippen LogP contribution in [0, 0.1) is 5.92 Å². The Labute approximate surface area is 145 Å². The number of aliphatic hydroxyl groups excluding tert-OH is 1. The maximum Gasteiger partial charge on any atom is 0.126 e. The standard InChI is InChI=1S/C21H27NO2/c1-18(17-23)15-22(16-19-9-4-3-5-10-19)14-8-12-20-11-6-7-13-21(20)24-2/h3-13,18,23H,14-17H2,1-2H3/b12-8+. The highest BCUT2D eigenvalue weighted by Gasteiger charge is 2.09. The smallest absolute Gasteiger partial charge is 0.126 e. The summed E-state index contributed by atoms with van der Waals surface area (Å²) in [6, 6.07) is 18.4. The van der Waals surface area contributed by atoms with Gasteiger partial charge in [-0.25, -0.2) is 0 Å². The SMILES string of the molecule is COc1ccccc1/C=C/CN(Cc1ccccc1)CC(C)CO. The predicted octanol–water partition coefficient (Wildman–Crippen LogP) is 3.84. The minimum absolute atomic E-state index is 0.210. The second-order valence-corrected chi connectivity index (χ2v) is 6.11. The fraction of sp³-hybridized carbons (Fsp3) is 0.333. The van der Waals surface area contributed by atoms with Crippen LogP contribution in [0.2, 0.25) is 0 Å². The van der Waals surface area contributed by atoms with Gasteiger partial charge in [-0.15, -0.1) is 0 Å². The van der Waals surface area contributed by atoms with Crippen LogP contribution in [0.15, 0.2) is 60.7 Å². The van der Waals surface area contributed by atoms with E-state index >= 15 is 0 Å². The van der Waals surface area contributed by atoms with Crippen molar-refractivity contribution < 1.29 is 9.84 Å². The van der Waals surface area contributed by atoms with Gasteiger partial charge in [0.15, 0.2) is 0 Å². The molecule has 1 N–H and O–H groups in total. The highest BCUT2D eigenvalue weighted by molar-refractivity contribution is 5.57. The van der Waals surface area contributed by atoms with Crippen LogP contribution in [-0.4, -0.2) is 36.8 Å². The fourth-order valence-electron chi connectivity index (χ4n) is 2.68. The monoisotopic (exact) mass is 325 g/mol. The maximum atomic E-state index is 9.36. The van der Waals surface area contributed by atoms with Crippen LogP contribution in [0.3, 0.4) is 0 Å². The van der Waals surface area contributed by atoms with E-state index in [1.165, 1.54) is 5.56 Å². The normalized spacial score (nSPS) is 12.7. The number of methoxy groups -OCH3 is 1. The van der Waals surface area contributed by atoms with Crippen LogP contribution in [0.25, 0.3) is 6.08 Å². The molecule has 0 aliphatic heterocycles. The Morgan fingerprint density at radius 1 is 1.08 bits per heavy atom. The van der Waals surface area contributed by atoms with Crippen LogP contribution < -0.4 is 4.74 Å². The molecule has 1 unspecified atom stereocenters. The van der Waals surface area contributed by atoms with Crippen LogP contribution in [0.1, 0.15) is 18.1 Å². The van der Waals surface area contributed by atoms with E-state index in [1.807, 2.05) is 30.3 Å². The number of nitrogens with zero attached hydrogens (tertiary/aromatic N) is 1. The first-order valence-corrected chi connectivity index (χ1v) is 8.39. The Bertz CT molecular complexity index is 625. The zero-order chi connectivity index (χ0) is 17.2. The summed E-state index contributed by atoms with van der Waals surface area (Å²) in [5, 5.41) is 9.36. The number of ether oxygens (including phenoxy) is 1. The first kappa shape index (κ1) is 18.2. The summed E-state index contributed by atoms with van der Waals surface area (Å²) in [6.45, 7) is 4.85. The largest absolute Gasteiger partial charge is 0.496 e. The third-order valence-corrected chi connectivity index (χ3v) is 3.93. The molecule has 3 heteroatoms. The van der Waals surface area contributed by atoms with Crippen molar-refractivity contribution in [1.82, 2.24) is 4.90 Å². The average molecular weight is 325 g/mol. The molecule has 24 heavy (non-hydrogen) atoms. The second-order valence-electron chi connectivity index (χ2n) is 6.11. The molecule has 2 rings (SSSR count). The quantitative estimate of drug-likeness (QED) is 0.760. The molecule has 128 valence electrons. The average Bonchev–Trinajstić information content (AvgIpc) is 2.62. The number of rotatable bonds is 9. The number of aliphatic hydroxyl groups is 1. The summed E-state index contributed by atoms with van der Waals surface area (Å²) in [6.07, 6.45) is 4.26. The van der Waals surface area contributed by atoms with Crippen molar-refractivity contribution in [3.8, 4) is 5.75 Å². The second kappa shape index (κ2) is 9.91. The lowest BCUT2D eigenvalue weighted by Gasteiger charge is -2.23. The van der Waals surface area contributed by atoms with Gasteiger partial charge in [0, 0.05) is 31.8 Å². The van der Waals surface area contributed by atoms with Gasteiger partial charge in [0.1, 0.15) is 5.75 Å². The third-order valence-electron chi connectivity index (χ3n) is 3.93. The summed E-state index contributed by atoms with van der Waals surface area (Å²) in [4.78, 5) is 2.35. The van der Waals surface area contributed by atoms with Gasteiger partial charge < -0.3 is 9.84 Å². The van der Waals surface area contributed by atoms with Crippen LogP contribution in [-0.2, 0) is 6.54 Å². The Hall–Kier alpha value is -2.10. The number of hydrogen-bond donors (Lipinski definition) is 1. The molecule has 2 aromatic rings. The molecule has 1 atom stereocenters. The highest BCUT2D eigenvalue weighted by atomic mass is 16.5. The molecule has 0 saturated heterocycles. The summed E-state index contributed by atoms with van der Waals surface area (Å²) in [5.41, 5.74) is 2.36. The fourth-order valence-corrected chi connectivity index (χ4v) is 2.68. The summed E-state index contributed by atoms with van der Waals surface area (Å²) in [7, 11) is 1.69. The van der Waals surface area contributed by atoms with Gasteiger partial charge in [0.25, 0.3) is 0 Å². The van der Waals surface area contributed by atoms with Crippen molar-refractivity contribution in [1.29, 1.82) is 0 Å². The van der Waals surface area contributed by atoms with Crippen molar-refractivity contribution in [2.24, 2.45) is 5.92 Å². The van der Waals surface area contributed by atoms with E-state index in [0.29, 0.717) is 0 Å². The molecule has 0 spiro atoms. The van der Waals surface area contributed by atoms with Gasteiger partial charge in [-0.05, 0) is 17.5 Å². The molecule has 0 radical (unpaired) electrons. The van der Waals surface area contributed by atoms with Crippen molar-refractivity contribution in [3.63, 3.8) is 0 Å². The van der Waals surface area contributed by atoms with Crippen LogP contribution in [0.5, 0.6) is 5.75 Å². The molecule has 0 amide bonds. The lowest BCUT2D eigenvalue weighted by Crippen LogP contribution is -2.29. The molecule has 3 nitrogen and oxygen atoms in total. The lowest BCUT2D eigenvalue weighted by atomic mass is 10.1. The van der Waals surface area contributed by atoms with Gasteiger partial charge in [-0.3, -0.25) is 4.90 Å². The Morgan fingerprint density at radius 2 is 1.79 bits per heavy atom. The van der Waals surface area contributed by atoms with Crippen molar-refractivity contribution in [2.75, 3.05) is 26.8 Å². The lowest BCUT2D eigenvalue weighted by molar-refractivity contribution is 0.178. The van der Waals surface area contributed by atoms with Gasteiger partial charge in [0.05, 0.1) is 7.11 Å². The van der Waals surface area contributed by atoms with Crippen molar-refractivity contribution in [2.45, 2.75) is 13.5 Å². The van der Waals surface area contributed by atoms with Gasteiger partial charge >= 0.3 is 0 Å². The zero-order valence-electron chi connectivity index (χ0n) is 14.6. The molecular weight excluding hydrogens is 298 g/mol. The van der Waals surface area contributed by atoms with Crippen molar-refractivity contribution in [3.05, 3.63) is 71.8 Å². The molecule has 0 aliphatic carbocycles. The first-order valence-electron chi connectivity index (χ1n) is 8.39. The first-order chi connectivity index (χ1) is 11.7. The number of benzene rings is 2. The van der Waals surface area contributed by atoms with E-state index in [9.17, 15) is 5.11 Å². The Balaban J connectivity index is 2.03. The predicted molar refractivity (Wildman–Crippen MR) is 100.0 cm³/mol. The van der Waals surface area contributed by atoms with Crippen LogP contribution in [0.4, 0.5) is 0 Å². The summed E-state index contributed by atoms with van der Waals surface area (Å²) < 4.78 is 5.38. The van der Waals surface area contributed by atoms with E-state index in [-0.39, 0.29) is 12.5 Å². The van der Waals surface area contributed by atoms with Crippen LogP contribution >= 0.6 is 0 Å². The minimum atomic E-state index is 0.210. The molecule has 2 aromatic carbocycles. The Kier molecular flexibility index (Phi) is 7.53. The van der Waals surface area contributed by atoms with E-state index in [4.69, 9.17) is 4.74 Å². The van der Waals surface area contributed by atoms with E-state index < -0.39 is 0 Å². The Morgan fingerprint density at radius 3 is 2.50 bits per heavy atom. The van der Waals surface area contributed by atoms with Gasteiger partial charge in [-0.1, -0.05) is 67.6 Å². The third kappa shape index (κ3) is 5.84. The van der Waals surface area contributed by atoms with Gasteiger partial charge in [-0.2, -0.15) is 0 Å². The summed E-state index contributed by atoms with van der Waals surface area (Å²) >= 11 is 0. The highest BCUT2D eigenvalue weighted by Crippen LogP contribution is 2.18. The van der Waals surface area contributed by atoms with E-state index in [2.05, 4.69) is 48.2 Å². The summed E-state index contributed by atoms with van der Waals surface area (Å²) in [5.74, 6) is 1.14. The minimum Gasteiger partial charge on any atom is -0.496 e. The number of hydrogen-bond acceptors (Lipinski definition) is 3.